The van der Waals surface area contributed by atoms with Crippen molar-refractivity contribution in [2.45, 2.75) is 31.8 Å². The average Bonchev–Trinajstić information content (AvgIpc) is 2.47. The van der Waals surface area contributed by atoms with Crippen LogP contribution in [0.3, 0.4) is 0 Å². The molecule has 0 aliphatic heterocycles. The number of nitrogens with zero attached hydrogens (tertiary/aromatic N) is 1. The third kappa shape index (κ3) is 2.87. The van der Waals surface area contributed by atoms with Crippen molar-refractivity contribution in [3.8, 4) is 0 Å². The van der Waals surface area contributed by atoms with Gasteiger partial charge in [-0.25, -0.2) is 4.98 Å². The van der Waals surface area contributed by atoms with E-state index in [9.17, 15) is 5.11 Å². The van der Waals surface area contributed by atoms with Crippen molar-refractivity contribution in [1.29, 1.82) is 0 Å². The molecule has 0 bridgehead atoms. The van der Waals surface area contributed by atoms with Crippen LogP contribution in [-0.4, -0.2) is 22.7 Å². The lowest BCUT2D eigenvalue weighted by atomic mass is 9.87. The van der Waals surface area contributed by atoms with E-state index >= 15 is 0 Å². The topological polar surface area (TPSA) is 45.1 Å². The summed E-state index contributed by atoms with van der Waals surface area (Å²) in [6.45, 7) is 0.952. The fourth-order valence-corrected chi connectivity index (χ4v) is 2.85. The highest BCUT2D eigenvalue weighted by Gasteiger charge is 2.19. The lowest BCUT2D eigenvalue weighted by Gasteiger charge is -2.25. The summed E-state index contributed by atoms with van der Waals surface area (Å²) in [4.78, 5) is 4.45. The van der Waals surface area contributed by atoms with Gasteiger partial charge >= 0.3 is 0 Å². The number of hydrogen-bond donors (Lipinski definition) is 2. The van der Waals surface area contributed by atoms with Crippen LogP contribution in [0.2, 0.25) is 0 Å². The van der Waals surface area contributed by atoms with Gasteiger partial charge in [0, 0.05) is 18.1 Å². The monoisotopic (exact) mass is 256 g/mol. The Morgan fingerprint density at radius 2 is 1.89 bits per heavy atom. The van der Waals surface area contributed by atoms with Crippen LogP contribution in [0, 0.1) is 5.92 Å². The van der Waals surface area contributed by atoms with E-state index in [1.54, 1.807) is 0 Å². The molecule has 1 saturated carbocycles. The number of nitrogens with one attached hydrogen (secondary N) is 1. The van der Waals surface area contributed by atoms with Crippen LogP contribution in [-0.2, 0) is 0 Å². The van der Waals surface area contributed by atoms with E-state index in [0.29, 0.717) is 5.92 Å². The van der Waals surface area contributed by atoms with Gasteiger partial charge in [-0.2, -0.15) is 0 Å². The number of rotatable bonds is 3. The van der Waals surface area contributed by atoms with E-state index in [1.807, 2.05) is 18.3 Å². The molecular weight excluding hydrogens is 236 g/mol. The number of aliphatic hydroxyl groups excluding tert-OH is 1. The predicted molar refractivity (Wildman–Crippen MR) is 78.2 cm³/mol. The van der Waals surface area contributed by atoms with E-state index in [2.05, 4.69) is 28.5 Å². The third-order valence-corrected chi connectivity index (χ3v) is 4.05. The average molecular weight is 256 g/mol. The summed E-state index contributed by atoms with van der Waals surface area (Å²) in [5, 5.41) is 15.4. The Kier molecular flexibility index (Phi) is 3.65. The maximum absolute atomic E-state index is 9.52. The zero-order valence-corrected chi connectivity index (χ0v) is 11.0. The minimum atomic E-state index is -0.0769. The highest BCUT2D eigenvalue weighted by Crippen LogP contribution is 2.26. The van der Waals surface area contributed by atoms with Crippen LogP contribution in [0.1, 0.15) is 25.7 Å². The molecule has 1 aliphatic rings. The number of pyridine rings is 1. The van der Waals surface area contributed by atoms with Crippen molar-refractivity contribution >= 4 is 16.6 Å². The van der Waals surface area contributed by atoms with E-state index < -0.39 is 0 Å². The largest absolute Gasteiger partial charge is 0.393 e. The van der Waals surface area contributed by atoms with Crippen LogP contribution in [0.5, 0.6) is 0 Å². The molecule has 1 aliphatic carbocycles. The number of anilines is 1. The van der Waals surface area contributed by atoms with E-state index in [1.165, 1.54) is 10.8 Å². The molecule has 2 aromatic rings. The molecule has 1 aromatic carbocycles. The smallest absolute Gasteiger partial charge is 0.133 e. The molecule has 0 amide bonds. The fraction of sp³-hybridized carbons (Fsp3) is 0.438. The first-order valence-corrected chi connectivity index (χ1v) is 7.08. The summed E-state index contributed by atoms with van der Waals surface area (Å²) in [6.07, 6.45) is 5.88. The molecule has 0 saturated heterocycles. The molecule has 1 aromatic heterocycles. The molecule has 3 heteroatoms. The van der Waals surface area contributed by atoms with Crippen molar-refractivity contribution in [3.63, 3.8) is 0 Å². The summed E-state index contributed by atoms with van der Waals surface area (Å²) in [5.74, 6) is 1.63. The van der Waals surface area contributed by atoms with Crippen molar-refractivity contribution in [2.24, 2.45) is 5.92 Å². The standard InChI is InChI=1S/C16H20N2O/c19-14-7-5-12(6-8-14)11-18-16-15-4-2-1-3-13(15)9-10-17-16/h1-4,9-10,12,14,19H,5-8,11H2,(H,17,18). The number of aliphatic hydroxyl groups is 1. The van der Waals surface area contributed by atoms with Gasteiger partial charge in [0.05, 0.1) is 6.10 Å². The predicted octanol–water partition coefficient (Wildman–Crippen LogP) is 3.20. The van der Waals surface area contributed by atoms with Gasteiger partial charge in [-0.15, -0.1) is 0 Å². The van der Waals surface area contributed by atoms with Gasteiger partial charge in [0.1, 0.15) is 5.82 Å². The Balaban J connectivity index is 1.68. The zero-order chi connectivity index (χ0) is 13.1. The summed E-state index contributed by atoms with van der Waals surface area (Å²) >= 11 is 0. The second-order valence-corrected chi connectivity index (χ2v) is 5.44. The van der Waals surface area contributed by atoms with Crippen molar-refractivity contribution < 1.29 is 5.11 Å². The Hall–Kier alpha value is -1.61. The molecule has 3 nitrogen and oxygen atoms in total. The van der Waals surface area contributed by atoms with Crippen LogP contribution < -0.4 is 5.32 Å². The maximum Gasteiger partial charge on any atom is 0.133 e. The van der Waals surface area contributed by atoms with Gasteiger partial charge in [0.2, 0.25) is 0 Å². The van der Waals surface area contributed by atoms with Crippen molar-refractivity contribution in [1.82, 2.24) is 4.98 Å². The molecule has 0 radical (unpaired) electrons. The van der Waals surface area contributed by atoms with Gasteiger partial charge in [-0.05, 0) is 43.1 Å². The molecule has 0 unspecified atom stereocenters. The van der Waals surface area contributed by atoms with E-state index in [-0.39, 0.29) is 6.10 Å². The second-order valence-electron chi connectivity index (χ2n) is 5.44. The third-order valence-electron chi connectivity index (χ3n) is 4.05. The summed E-state index contributed by atoms with van der Waals surface area (Å²) in [7, 11) is 0. The molecule has 0 atom stereocenters. The Labute approximate surface area is 113 Å². The molecule has 1 fully saturated rings. The summed E-state index contributed by atoms with van der Waals surface area (Å²) < 4.78 is 0. The van der Waals surface area contributed by atoms with Crippen LogP contribution in [0.25, 0.3) is 10.8 Å². The normalized spacial score (nSPS) is 23.4. The highest BCUT2D eigenvalue weighted by molar-refractivity contribution is 5.91. The lowest BCUT2D eigenvalue weighted by molar-refractivity contribution is 0.111. The first-order valence-electron chi connectivity index (χ1n) is 7.08. The minimum Gasteiger partial charge on any atom is -0.393 e. The number of benzene rings is 1. The van der Waals surface area contributed by atoms with Gasteiger partial charge < -0.3 is 10.4 Å². The SMILES string of the molecule is OC1CCC(CNc2nccc3ccccc23)CC1. The Morgan fingerprint density at radius 3 is 2.74 bits per heavy atom. The number of hydrogen-bond acceptors (Lipinski definition) is 3. The quantitative estimate of drug-likeness (QED) is 0.886. The molecular formula is C16H20N2O. The molecule has 1 heterocycles. The minimum absolute atomic E-state index is 0.0769. The molecule has 3 rings (SSSR count). The van der Waals surface area contributed by atoms with Gasteiger partial charge in [-0.1, -0.05) is 24.3 Å². The van der Waals surface area contributed by atoms with Crippen molar-refractivity contribution in [2.75, 3.05) is 11.9 Å². The first kappa shape index (κ1) is 12.4. The number of aromatic nitrogens is 1. The second kappa shape index (κ2) is 5.57. The lowest BCUT2D eigenvalue weighted by Crippen LogP contribution is -2.23. The van der Waals surface area contributed by atoms with Gasteiger partial charge in [-0.3, -0.25) is 0 Å². The summed E-state index contributed by atoms with van der Waals surface area (Å²) in [6, 6.07) is 10.4. The molecule has 100 valence electrons. The zero-order valence-electron chi connectivity index (χ0n) is 11.0. The first-order chi connectivity index (χ1) is 9.33. The van der Waals surface area contributed by atoms with Crippen LogP contribution >= 0.6 is 0 Å². The van der Waals surface area contributed by atoms with Crippen LogP contribution in [0.4, 0.5) is 5.82 Å². The fourth-order valence-electron chi connectivity index (χ4n) is 2.85. The van der Waals surface area contributed by atoms with Crippen molar-refractivity contribution in [3.05, 3.63) is 36.5 Å². The summed E-state index contributed by atoms with van der Waals surface area (Å²) in [5.41, 5.74) is 0. The Bertz CT molecular complexity index is 542. The Morgan fingerprint density at radius 1 is 1.11 bits per heavy atom. The maximum atomic E-state index is 9.52. The van der Waals surface area contributed by atoms with Gasteiger partial charge in [0.25, 0.3) is 0 Å². The molecule has 2 N–H and O–H groups in total. The highest BCUT2D eigenvalue weighted by atomic mass is 16.3. The van der Waals surface area contributed by atoms with Gasteiger partial charge in [0.15, 0.2) is 0 Å². The van der Waals surface area contributed by atoms with E-state index in [4.69, 9.17) is 0 Å². The molecule has 19 heavy (non-hydrogen) atoms. The van der Waals surface area contributed by atoms with Crippen LogP contribution in [0.15, 0.2) is 36.5 Å². The number of fused-ring (bicyclic) bond motifs is 1. The van der Waals surface area contributed by atoms with E-state index in [0.717, 1.165) is 38.0 Å². The molecule has 0 spiro atoms.